The minimum Gasteiger partial charge on any atom is -0.355 e. The lowest BCUT2D eigenvalue weighted by molar-refractivity contribution is -0.124. The predicted molar refractivity (Wildman–Crippen MR) is 73.4 cm³/mol. The van der Waals surface area contributed by atoms with Crippen molar-refractivity contribution in [3.05, 3.63) is 35.6 Å². The number of carbonyl (C=O) groups is 1. The van der Waals surface area contributed by atoms with Crippen LogP contribution in [0.4, 0.5) is 4.39 Å². The molecule has 104 valence electrons. The first kappa shape index (κ1) is 14.0. The molecule has 0 aromatic heterocycles. The molecule has 2 rings (SSSR count). The average Bonchev–Trinajstić information content (AvgIpc) is 2.90. The number of benzene rings is 1. The SMILES string of the molecule is CC(C)(CNC(=O)C1CCNC1)c1ccccc1F. The highest BCUT2D eigenvalue weighted by atomic mass is 19.1. The van der Waals surface area contributed by atoms with E-state index in [9.17, 15) is 9.18 Å². The summed E-state index contributed by atoms with van der Waals surface area (Å²) in [7, 11) is 0. The fourth-order valence-corrected chi connectivity index (χ4v) is 2.44. The van der Waals surface area contributed by atoms with E-state index in [0.29, 0.717) is 12.1 Å². The maximum Gasteiger partial charge on any atom is 0.224 e. The molecule has 0 radical (unpaired) electrons. The summed E-state index contributed by atoms with van der Waals surface area (Å²) < 4.78 is 13.8. The molecule has 1 atom stereocenters. The Labute approximate surface area is 113 Å². The van der Waals surface area contributed by atoms with Gasteiger partial charge in [-0.2, -0.15) is 0 Å². The fourth-order valence-electron chi connectivity index (χ4n) is 2.44. The van der Waals surface area contributed by atoms with Gasteiger partial charge in [0, 0.05) is 18.5 Å². The molecule has 1 heterocycles. The second kappa shape index (κ2) is 5.70. The summed E-state index contributed by atoms with van der Waals surface area (Å²) in [6.07, 6.45) is 0.881. The van der Waals surface area contributed by atoms with Gasteiger partial charge < -0.3 is 10.6 Å². The van der Waals surface area contributed by atoms with Crippen molar-refractivity contribution in [3.8, 4) is 0 Å². The summed E-state index contributed by atoms with van der Waals surface area (Å²) in [5.74, 6) is -0.102. The zero-order valence-corrected chi connectivity index (χ0v) is 11.5. The van der Waals surface area contributed by atoms with Crippen LogP contribution in [0.25, 0.3) is 0 Å². The zero-order valence-electron chi connectivity index (χ0n) is 11.5. The summed E-state index contributed by atoms with van der Waals surface area (Å²) in [5, 5.41) is 6.12. The van der Waals surface area contributed by atoms with Crippen LogP contribution in [0.5, 0.6) is 0 Å². The standard InChI is InChI=1S/C15H21FN2O/c1-15(2,12-5-3-4-6-13(12)16)10-18-14(19)11-7-8-17-9-11/h3-6,11,17H,7-10H2,1-2H3,(H,18,19). The molecule has 19 heavy (non-hydrogen) atoms. The Balaban J connectivity index is 1.97. The van der Waals surface area contributed by atoms with Crippen LogP contribution in [0.15, 0.2) is 24.3 Å². The van der Waals surface area contributed by atoms with Gasteiger partial charge in [0.05, 0.1) is 5.92 Å². The number of halogens is 1. The first-order valence-electron chi connectivity index (χ1n) is 6.74. The van der Waals surface area contributed by atoms with Crippen molar-refractivity contribution in [1.29, 1.82) is 0 Å². The Morgan fingerprint density at radius 3 is 2.84 bits per heavy atom. The van der Waals surface area contributed by atoms with Gasteiger partial charge in [-0.15, -0.1) is 0 Å². The van der Waals surface area contributed by atoms with Crippen molar-refractivity contribution in [3.63, 3.8) is 0 Å². The largest absolute Gasteiger partial charge is 0.355 e. The molecule has 1 fully saturated rings. The molecule has 0 bridgehead atoms. The van der Waals surface area contributed by atoms with Crippen LogP contribution in [0.3, 0.4) is 0 Å². The van der Waals surface area contributed by atoms with Crippen molar-refractivity contribution < 1.29 is 9.18 Å². The molecule has 1 amide bonds. The van der Waals surface area contributed by atoms with Gasteiger partial charge >= 0.3 is 0 Å². The maximum atomic E-state index is 13.8. The normalized spacial score (nSPS) is 19.4. The topological polar surface area (TPSA) is 41.1 Å². The molecule has 1 unspecified atom stereocenters. The van der Waals surface area contributed by atoms with E-state index in [1.807, 2.05) is 19.9 Å². The number of hydrogen-bond donors (Lipinski definition) is 2. The lowest BCUT2D eigenvalue weighted by Gasteiger charge is -2.26. The van der Waals surface area contributed by atoms with Crippen molar-refractivity contribution >= 4 is 5.91 Å². The van der Waals surface area contributed by atoms with Gasteiger partial charge in [0.2, 0.25) is 5.91 Å². The third kappa shape index (κ3) is 3.32. The number of rotatable bonds is 4. The number of hydrogen-bond acceptors (Lipinski definition) is 2. The predicted octanol–water partition coefficient (Wildman–Crippen LogP) is 1.83. The van der Waals surface area contributed by atoms with Crippen LogP contribution in [-0.2, 0) is 10.2 Å². The van der Waals surface area contributed by atoms with E-state index in [4.69, 9.17) is 0 Å². The Morgan fingerprint density at radius 2 is 2.21 bits per heavy atom. The number of amides is 1. The summed E-state index contributed by atoms with van der Waals surface area (Å²) >= 11 is 0. The monoisotopic (exact) mass is 264 g/mol. The van der Waals surface area contributed by atoms with Crippen molar-refractivity contribution in [2.75, 3.05) is 19.6 Å². The van der Waals surface area contributed by atoms with Crippen LogP contribution in [0.2, 0.25) is 0 Å². The number of carbonyl (C=O) groups excluding carboxylic acids is 1. The van der Waals surface area contributed by atoms with Gasteiger partial charge in [0.1, 0.15) is 5.82 Å². The Morgan fingerprint density at radius 1 is 1.47 bits per heavy atom. The summed E-state index contributed by atoms with van der Waals surface area (Å²) in [5.41, 5.74) is 0.229. The van der Waals surface area contributed by atoms with E-state index < -0.39 is 5.41 Å². The van der Waals surface area contributed by atoms with Crippen LogP contribution in [0, 0.1) is 11.7 Å². The summed E-state index contributed by atoms with van der Waals surface area (Å²) in [6, 6.07) is 6.74. The smallest absolute Gasteiger partial charge is 0.224 e. The van der Waals surface area contributed by atoms with Gasteiger partial charge in [-0.05, 0) is 24.6 Å². The maximum absolute atomic E-state index is 13.8. The Bertz CT molecular complexity index is 453. The lowest BCUT2D eigenvalue weighted by Crippen LogP contribution is -2.40. The Kier molecular flexibility index (Phi) is 4.20. The molecule has 1 saturated heterocycles. The zero-order chi connectivity index (χ0) is 13.9. The van der Waals surface area contributed by atoms with E-state index in [0.717, 1.165) is 19.5 Å². The molecule has 0 aliphatic carbocycles. The molecule has 1 aliphatic rings. The van der Waals surface area contributed by atoms with Crippen LogP contribution >= 0.6 is 0 Å². The molecular formula is C15H21FN2O. The van der Waals surface area contributed by atoms with Gasteiger partial charge in [0.15, 0.2) is 0 Å². The van der Waals surface area contributed by atoms with E-state index in [2.05, 4.69) is 10.6 Å². The first-order valence-corrected chi connectivity index (χ1v) is 6.74. The van der Waals surface area contributed by atoms with Gasteiger partial charge in [-0.1, -0.05) is 32.0 Å². The van der Waals surface area contributed by atoms with Gasteiger partial charge in [0.25, 0.3) is 0 Å². The van der Waals surface area contributed by atoms with Crippen LogP contribution in [-0.4, -0.2) is 25.5 Å². The van der Waals surface area contributed by atoms with E-state index >= 15 is 0 Å². The Hall–Kier alpha value is -1.42. The third-order valence-corrected chi connectivity index (χ3v) is 3.74. The summed E-state index contributed by atoms with van der Waals surface area (Å²) in [6.45, 7) is 5.97. The fraction of sp³-hybridized carbons (Fsp3) is 0.533. The lowest BCUT2D eigenvalue weighted by atomic mass is 9.84. The highest BCUT2D eigenvalue weighted by Gasteiger charge is 2.27. The molecule has 0 saturated carbocycles. The van der Waals surface area contributed by atoms with E-state index in [1.165, 1.54) is 6.07 Å². The second-order valence-corrected chi connectivity index (χ2v) is 5.77. The van der Waals surface area contributed by atoms with Crippen molar-refractivity contribution in [2.45, 2.75) is 25.7 Å². The van der Waals surface area contributed by atoms with E-state index in [1.54, 1.807) is 12.1 Å². The molecule has 2 N–H and O–H groups in total. The quantitative estimate of drug-likeness (QED) is 0.871. The molecule has 4 heteroatoms. The molecule has 1 aliphatic heterocycles. The number of nitrogens with one attached hydrogen (secondary N) is 2. The van der Waals surface area contributed by atoms with Crippen LogP contribution in [0.1, 0.15) is 25.8 Å². The van der Waals surface area contributed by atoms with Crippen molar-refractivity contribution in [2.24, 2.45) is 5.92 Å². The molecule has 0 spiro atoms. The molecule has 3 nitrogen and oxygen atoms in total. The minimum absolute atomic E-state index is 0.0522. The minimum atomic E-state index is -0.410. The summed E-state index contributed by atoms with van der Waals surface area (Å²) in [4.78, 5) is 12.0. The molecule has 1 aromatic carbocycles. The third-order valence-electron chi connectivity index (χ3n) is 3.74. The highest BCUT2D eigenvalue weighted by Crippen LogP contribution is 2.25. The highest BCUT2D eigenvalue weighted by molar-refractivity contribution is 5.79. The first-order chi connectivity index (χ1) is 9.00. The molecule has 1 aromatic rings. The second-order valence-electron chi connectivity index (χ2n) is 5.77. The average molecular weight is 264 g/mol. The molecular weight excluding hydrogens is 243 g/mol. The van der Waals surface area contributed by atoms with Gasteiger partial charge in [-0.3, -0.25) is 4.79 Å². The van der Waals surface area contributed by atoms with Crippen molar-refractivity contribution in [1.82, 2.24) is 10.6 Å². The van der Waals surface area contributed by atoms with E-state index in [-0.39, 0.29) is 17.6 Å². The van der Waals surface area contributed by atoms with Gasteiger partial charge in [-0.25, -0.2) is 4.39 Å². The van der Waals surface area contributed by atoms with Crippen LogP contribution < -0.4 is 10.6 Å².